The Kier molecular flexibility index (Phi) is 3.70. The summed E-state index contributed by atoms with van der Waals surface area (Å²) in [5.41, 5.74) is 0.852. The molecule has 0 aliphatic heterocycles. The Labute approximate surface area is 109 Å². The molecule has 0 aliphatic carbocycles. The number of rotatable bonds is 3. The van der Waals surface area contributed by atoms with Crippen LogP contribution in [0.2, 0.25) is 0 Å². The van der Waals surface area contributed by atoms with Gasteiger partial charge in [0.1, 0.15) is 11.5 Å². The first-order valence-electron chi connectivity index (χ1n) is 5.40. The second kappa shape index (κ2) is 5.43. The van der Waals surface area contributed by atoms with Crippen LogP contribution in [0.15, 0.2) is 30.6 Å². The summed E-state index contributed by atoms with van der Waals surface area (Å²) in [7, 11) is 2.67. The maximum atomic E-state index is 13.5. The highest BCUT2D eigenvalue weighted by atomic mass is 19.1. The van der Waals surface area contributed by atoms with E-state index in [0.29, 0.717) is 11.3 Å². The van der Waals surface area contributed by atoms with E-state index in [4.69, 9.17) is 4.74 Å². The molecule has 1 aromatic carbocycles. The van der Waals surface area contributed by atoms with Crippen LogP contribution in [0.1, 0.15) is 10.4 Å². The largest absolute Gasteiger partial charge is 0.479 e. The van der Waals surface area contributed by atoms with Gasteiger partial charge in [-0.2, -0.15) is 0 Å². The zero-order valence-corrected chi connectivity index (χ0v) is 10.4. The predicted octanol–water partition coefficient (Wildman–Crippen LogP) is 2.08. The van der Waals surface area contributed by atoms with E-state index in [0.717, 1.165) is 6.07 Å². The van der Waals surface area contributed by atoms with Crippen LogP contribution < -0.4 is 4.74 Å². The summed E-state index contributed by atoms with van der Waals surface area (Å²) in [6.07, 6.45) is 2.92. The maximum Gasteiger partial charge on any atom is 0.337 e. The van der Waals surface area contributed by atoms with Crippen LogP contribution in [-0.4, -0.2) is 30.2 Å². The monoisotopic (exact) mass is 262 g/mol. The quantitative estimate of drug-likeness (QED) is 0.792. The van der Waals surface area contributed by atoms with Crippen LogP contribution in [0.25, 0.3) is 11.3 Å². The van der Waals surface area contributed by atoms with Gasteiger partial charge in [-0.1, -0.05) is 0 Å². The summed E-state index contributed by atoms with van der Waals surface area (Å²) in [6.45, 7) is 0. The molecule has 2 aromatic rings. The highest BCUT2D eigenvalue weighted by Gasteiger charge is 2.14. The van der Waals surface area contributed by atoms with E-state index in [1.54, 1.807) is 0 Å². The summed E-state index contributed by atoms with van der Waals surface area (Å²) in [5, 5.41) is 0. The summed E-state index contributed by atoms with van der Waals surface area (Å²) in [5.74, 6) is -0.932. The first-order valence-corrected chi connectivity index (χ1v) is 5.40. The average Bonchev–Trinajstić information content (AvgIpc) is 2.45. The van der Waals surface area contributed by atoms with Crippen molar-refractivity contribution in [2.75, 3.05) is 14.2 Å². The van der Waals surface area contributed by atoms with Gasteiger partial charge in [0, 0.05) is 18.0 Å². The Bertz CT molecular complexity index is 617. The lowest BCUT2D eigenvalue weighted by Gasteiger charge is -2.07. The molecule has 6 heteroatoms. The number of hydrogen-bond acceptors (Lipinski definition) is 5. The third-order valence-corrected chi connectivity index (χ3v) is 2.45. The smallest absolute Gasteiger partial charge is 0.337 e. The molecule has 0 fully saturated rings. The van der Waals surface area contributed by atoms with Crippen molar-refractivity contribution in [3.05, 3.63) is 42.0 Å². The van der Waals surface area contributed by atoms with Crippen molar-refractivity contribution in [2.45, 2.75) is 0 Å². The normalized spacial score (nSPS) is 10.1. The number of nitrogens with zero attached hydrogens (tertiary/aromatic N) is 2. The van der Waals surface area contributed by atoms with Gasteiger partial charge in [0.05, 0.1) is 19.8 Å². The molecule has 19 heavy (non-hydrogen) atoms. The zero-order chi connectivity index (χ0) is 13.8. The lowest BCUT2D eigenvalue weighted by Crippen LogP contribution is -2.03. The number of ether oxygens (including phenoxy) is 2. The molecule has 0 aliphatic rings. The lowest BCUT2D eigenvalue weighted by molar-refractivity contribution is 0.0600. The van der Waals surface area contributed by atoms with E-state index in [2.05, 4.69) is 14.7 Å². The van der Waals surface area contributed by atoms with Crippen molar-refractivity contribution >= 4 is 5.97 Å². The van der Waals surface area contributed by atoms with Crippen molar-refractivity contribution in [3.63, 3.8) is 0 Å². The van der Waals surface area contributed by atoms with E-state index < -0.39 is 11.8 Å². The Morgan fingerprint density at radius 1 is 1.16 bits per heavy atom. The minimum absolute atomic E-state index is 0.102. The molecule has 0 saturated carbocycles. The van der Waals surface area contributed by atoms with E-state index in [-0.39, 0.29) is 11.4 Å². The third-order valence-electron chi connectivity index (χ3n) is 2.45. The molecule has 5 nitrogen and oxygen atoms in total. The van der Waals surface area contributed by atoms with Crippen LogP contribution in [-0.2, 0) is 4.74 Å². The molecule has 0 bridgehead atoms. The Morgan fingerprint density at radius 2 is 1.89 bits per heavy atom. The molecule has 0 spiro atoms. The van der Waals surface area contributed by atoms with Gasteiger partial charge >= 0.3 is 5.97 Å². The van der Waals surface area contributed by atoms with Crippen molar-refractivity contribution in [1.82, 2.24) is 9.97 Å². The van der Waals surface area contributed by atoms with Crippen LogP contribution >= 0.6 is 0 Å². The molecule has 0 unspecified atom stereocenters. The fraction of sp³-hybridized carbons (Fsp3) is 0.154. The molecule has 1 aromatic heterocycles. The minimum Gasteiger partial charge on any atom is -0.479 e. The molecule has 0 radical (unpaired) electrons. The van der Waals surface area contributed by atoms with Gasteiger partial charge in [0.15, 0.2) is 0 Å². The molecule has 0 atom stereocenters. The van der Waals surface area contributed by atoms with Crippen LogP contribution in [0.4, 0.5) is 4.39 Å². The molecular weight excluding hydrogens is 251 g/mol. The average molecular weight is 262 g/mol. The molecule has 0 amide bonds. The number of halogens is 1. The number of esters is 1. The first kappa shape index (κ1) is 12.9. The molecule has 0 N–H and O–H groups in total. The fourth-order valence-electron chi connectivity index (χ4n) is 1.63. The number of methoxy groups -OCH3 is 2. The molecule has 0 saturated heterocycles. The number of hydrogen-bond donors (Lipinski definition) is 0. The summed E-state index contributed by atoms with van der Waals surface area (Å²) in [4.78, 5) is 19.5. The van der Waals surface area contributed by atoms with Gasteiger partial charge in [-0.15, -0.1) is 0 Å². The van der Waals surface area contributed by atoms with Gasteiger partial charge in [-0.05, 0) is 18.2 Å². The van der Waals surface area contributed by atoms with Crippen molar-refractivity contribution in [3.8, 4) is 17.1 Å². The summed E-state index contributed by atoms with van der Waals surface area (Å²) in [6, 6.07) is 3.82. The topological polar surface area (TPSA) is 61.3 Å². The zero-order valence-electron chi connectivity index (χ0n) is 10.4. The Morgan fingerprint density at radius 3 is 2.58 bits per heavy atom. The third kappa shape index (κ3) is 2.67. The fourth-order valence-corrected chi connectivity index (χ4v) is 1.63. The number of benzene rings is 1. The maximum absolute atomic E-state index is 13.5. The molecule has 98 valence electrons. The van der Waals surface area contributed by atoms with Gasteiger partial charge in [-0.25, -0.2) is 19.2 Å². The second-order valence-corrected chi connectivity index (χ2v) is 3.63. The van der Waals surface area contributed by atoms with Gasteiger partial charge in [0.25, 0.3) is 0 Å². The minimum atomic E-state index is -0.622. The van der Waals surface area contributed by atoms with Crippen LogP contribution in [0.5, 0.6) is 5.88 Å². The number of carbonyl (C=O) groups excluding carboxylic acids is 1. The molecule has 1 heterocycles. The van der Waals surface area contributed by atoms with E-state index in [1.165, 1.54) is 38.7 Å². The van der Waals surface area contributed by atoms with Crippen LogP contribution in [0, 0.1) is 5.82 Å². The van der Waals surface area contributed by atoms with Crippen molar-refractivity contribution in [1.29, 1.82) is 0 Å². The number of aromatic nitrogens is 2. The van der Waals surface area contributed by atoms with E-state index >= 15 is 0 Å². The Balaban J connectivity index is 2.56. The summed E-state index contributed by atoms with van der Waals surface area (Å²) < 4.78 is 23.2. The Hall–Kier alpha value is -2.50. The highest BCUT2D eigenvalue weighted by molar-refractivity contribution is 5.91. The molecule has 2 rings (SSSR count). The second-order valence-electron chi connectivity index (χ2n) is 3.63. The number of carbonyl (C=O) groups is 1. The summed E-state index contributed by atoms with van der Waals surface area (Å²) >= 11 is 0. The predicted molar refractivity (Wildman–Crippen MR) is 65.3 cm³/mol. The van der Waals surface area contributed by atoms with Gasteiger partial charge in [-0.3, -0.25) is 0 Å². The van der Waals surface area contributed by atoms with E-state index in [9.17, 15) is 9.18 Å². The van der Waals surface area contributed by atoms with Crippen molar-refractivity contribution in [2.24, 2.45) is 0 Å². The lowest BCUT2D eigenvalue weighted by atomic mass is 10.1. The SMILES string of the molecule is COC(=O)c1cc(F)cc(-c2nccnc2OC)c1. The first-order chi connectivity index (χ1) is 9.15. The van der Waals surface area contributed by atoms with Gasteiger partial charge in [0.2, 0.25) is 5.88 Å². The van der Waals surface area contributed by atoms with Crippen LogP contribution in [0.3, 0.4) is 0 Å². The standard InChI is InChI=1S/C13H11FN2O3/c1-18-12-11(15-3-4-16-12)8-5-9(13(17)19-2)7-10(14)6-8/h3-7H,1-2H3. The van der Waals surface area contributed by atoms with Crippen molar-refractivity contribution < 1.29 is 18.7 Å². The highest BCUT2D eigenvalue weighted by Crippen LogP contribution is 2.26. The van der Waals surface area contributed by atoms with E-state index in [1.807, 2.05) is 0 Å². The molecular formula is C13H11FN2O3. The van der Waals surface area contributed by atoms with Gasteiger partial charge < -0.3 is 9.47 Å².